The smallest absolute Gasteiger partial charge is 0.262 e. The van der Waals surface area contributed by atoms with Gasteiger partial charge in [0.1, 0.15) is 5.75 Å². The Hall–Kier alpha value is -2.90. The molecule has 0 atom stereocenters. The molecule has 1 aliphatic rings. The molecule has 0 bridgehead atoms. The number of sulfonamides is 1. The lowest BCUT2D eigenvalue weighted by Gasteiger charge is -2.17. The number of aryl methyl sites for hydroxylation is 1. The minimum atomic E-state index is -3.47. The minimum Gasteiger partial charge on any atom is -0.483 e. The quantitative estimate of drug-likeness (QED) is 0.650. The van der Waals surface area contributed by atoms with E-state index in [1.54, 1.807) is 25.1 Å². The molecule has 0 unspecified atom stereocenters. The van der Waals surface area contributed by atoms with Gasteiger partial charge in [-0.25, -0.2) is 8.42 Å². The Bertz CT molecular complexity index is 1180. The van der Waals surface area contributed by atoms with Gasteiger partial charge in [0.25, 0.3) is 5.91 Å². The number of rotatable bonds is 6. The molecule has 0 saturated carbocycles. The fourth-order valence-electron chi connectivity index (χ4n) is 3.69. The summed E-state index contributed by atoms with van der Waals surface area (Å²) >= 11 is 0. The monoisotopic (exact) mass is 424 g/mol. The van der Waals surface area contributed by atoms with Gasteiger partial charge in [0, 0.05) is 24.2 Å². The molecule has 0 radical (unpaired) electrons. The molecule has 3 aromatic carbocycles. The van der Waals surface area contributed by atoms with Gasteiger partial charge in [-0.1, -0.05) is 36.4 Å². The van der Waals surface area contributed by atoms with E-state index in [0.717, 1.165) is 29.3 Å². The molecule has 4 rings (SSSR count). The maximum atomic E-state index is 12.7. The Kier molecular flexibility index (Phi) is 5.74. The summed E-state index contributed by atoms with van der Waals surface area (Å²) in [6.45, 7) is 2.74. The van der Waals surface area contributed by atoms with Crippen molar-refractivity contribution in [3.63, 3.8) is 0 Å². The van der Waals surface area contributed by atoms with Gasteiger partial charge in [-0.3, -0.25) is 4.79 Å². The SMILES string of the molecule is Cc1cc(S(=O)(=O)N2CCCC2)ccc1OCC(=O)Nc1cccc2ccccc12. The molecule has 30 heavy (non-hydrogen) atoms. The van der Waals surface area contributed by atoms with Crippen LogP contribution in [0.1, 0.15) is 18.4 Å². The van der Waals surface area contributed by atoms with Crippen molar-refractivity contribution in [2.24, 2.45) is 0 Å². The van der Waals surface area contributed by atoms with Crippen LogP contribution in [0.15, 0.2) is 65.6 Å². The van der Waals surface area contributed by atoms with Crippen molar-refractivity contribution in [2.75, 3.05) is 25.0 Å². The van der Waals surface area contributed by atoms with Crippen LogP contribution in [0.3, 0.4) is 0 Å². The molecule has 1 heterocycles. The van der Waals surface area contributed by atoms with Crippen molar-refractivity contribution >= 4 is 32.4 Å². The number of carbonyl (C=O) groups is 1. The number of nitrogens with one attached hydrogen (secondary N) is 1. The van der Waals surface area contributed by atoms with E-state index in [0.29, 0.717) is 24.4 Å². The fourth-order valence-corrected chi connectivity index (χ4v) is 5.29. The number of ether oxygens (including phenoxy) is 1. The zero-order valence-corrected chi connectivity index (χ0v) is 17.6. The van der Waals surface area contributed by atoms with E-state index in [2.05, 4.69) is 5.32 Å². The summed E-state index contributed by atoms with van der Waals surface area (Å²) in [6, 6.07) is 18.3. The van der Waals surface area contributed by atoms with Crippen molar-refractivity contribution in [1.82, 2.24) is 4.31 Å². The molecule has 7 heteroatoms. The zero-order valence-electron chi connectivity index (χ0n) is 16.8. The molecule has 156 valence electrons. The first-order chi connectivity index (χ1) is 14.4. The average molecular weight is 425 g/mol. The van der Waals surface area contributed by atoms with Crippen molar-refractivity contribution < 1.29 is 17.9 Å². The first-order valence-corrected chi connectivity index (χ1v) is 11.4. The van der Waals surface area contributed by atoms with E-state index < -0.39 is 10.0 Å². The van der Waals surface area contributed by atoms with E-state index in [9.17, 15) is 13.2 Å². The Labute approximate surface area is 176 Å². The van der Waals surface area contributed by atoms with Gasteiger partial charge < -0.3 is 10.1 Å². The summed E-state index contributed by atoms with van der Waals surface area (Å²) in [5.41, 5.74) is 1.40. The van der Waals surface area contributed by atoms with Crippen molar-refractivity contribution in [3.05, 3.63) is 66.2 Å². The third-order valence-corrected chi connectivity index (χ3v) is 7.17. The number of hydrogen-bond donors (Lipinski definition) is 1. The number of fused-ring (bicyclic) bond motifs is 1. The largest absolute Gasteiger partial charge is 0.483 e. The van der Waals surface area contributed by atoms with Gasteiger partial charge >= 0.3 is 0 Å². The molecule has 3 aromatic rings. The molecular weight excluding hydrogens is 400 g/mol. The summed E-state index contributed by atoms with van der Waals surface area (Å²) in [5.74, 6) is 0.211. The third-order valence-electron chi connectivity index (χ3n) is 5.27. The molecule has 1 saturated heterocycles. The van der Waals surface area contributed by atoms with Crippen molar-refractivity contribution in [1.29, 1.82) is 0 Å². The highest BCUT2D eigenvalue weighted by Crippen LogP contribution is 2.26. The van der Waals surface area contributed by atoms with E-state index in [-0.39, 0.29) is 17.4 Å². The molecule has 1 N–H and O–H groups in total. The number of carbonyl (C=O) groups excluding carboxylic acids is 1. The zero-order chi connectivity index (χ0) is 21.1. The molecule has 6 nitrogen and oxygen atoms in total. The summed E-state index contributed by atoms with van der Waals surface area (Å²) in [7, 11) is -3.47. The Morgan fingerprint density at radius 2 is 1.77 bits per heavy atom. The normalized spacial score (nSPS) is 14.7. The lowest BCUT2D eigenvalue weighted by atomic mass is 10.1. The molecule has 0 aromatic heterocycles. The van der Waals surface area contributed by atoms with Crippen LogP contribution in [-0.2, 0) is 14.8 Å². The Morgan fingerprint density at radius 1 is 1.03 bits per heavy atom. The van der Waals surface area contributed by atoms with Crippen LogP contribution in [-0.4, -0.2) is 38.3 Å². The lowest BCUT2D eigenvalue weighted by Crippen LogP contribution is -2.27. The van der Waals surface area contributed by atoms with Crippen LogP contribution in [0.4, 0.5) is 5.69 Å². The summed E-state index contributed by atoms with van der Waals surface area (Å²) < 4.78 is 32.6. The number of hydrogen-bond acceptors (Lipinski definition) is 4. The summed E-state index contributed by atoms with van der Waals surface area (Å²) in [4.78, 5) is 12.7. The Balaban J connectivity index is 1.43. The van der Waals surface area contributed by atoms with Crippen LogP contribution in [0.5, 0.6) is 5.75 Å². The van der Waals surface area contributed by atoms with Crippen LogP contribution in [0, 0.1) is 6.92 Å². The maximum absolute atomic E-state index is 12.7. The van der Waals surface area contributed by atoms with E-state index >= 15 is 0 Å². The fraction of sp³-hybridized carbons (Fsp3) is 0.261. The van der Waals surface area contributed by atoms with E-state index in [4.69, 9.17) is 4.74 Å². The predicted octanol–water partition coefficient (Wildman–Crippen LogP) is 3.95. The highest BCUT2D eigenvalue weighted by atomic mass is 32.2. The average Bonchev–Trinajstić information content (AvgIpc) is 3.29. The minimum absolute atomic E-state index is 0.164. The van der Waals surface area contributed by atoms with Gasteiger partial charge in [0.05, 0.1) is 4.90 Å². The summed E-state index contributed by atoms with van der Waals surface area (Å²) in [6.07, 6.45) is 1.79. The maximum Gasteiger partial charge on any atom is 0.262 e. The lowest BCUT2D eigenvalue weighted by molar-refractivity contribution is -0.118. The van der Waals surface area contributed by atoms with Gasteiger partial charge in [-0.2, -0.15) is 4.31 Å². The van der Waals surface area contributed by atoms with E-state index in [1.165, 1.54) is 4.31 Å². The highest BCUT2D eigenvalue weighted by Gasteiger charge is 2.27. The third kappa shape index (κ3) is 4.17. The molecular formula is C23H24N2O4S. The van der Waals surface area contributed by atoms with Crippen LogP contribution < -0.4 is 10.1 Å². The van der Waals surface area contributed by atoms with Crippen LogP contribution in [0.2, 0.25) is 0 Å². The molecule has 1 amide bonds. The molecule has 1 fully saturated rings. The van der Waals surface area contributed by atoms with Gasteiger partial charge in [0.15, 0.2) is 6.61 Å². The molecule has 0 spiro atoms. The molecule has 1 aliphatic heterocycles. The number of benzene rings is 3. The van der Waals surface area contributed by atoms with Gasteiger partial charge in [-0.15, -0.1) is 0 Å². The topological polar surface area (TPSA) is 75.7 Å². The number of amides is 1. The highest BCUT2D eigenvalue weighted by molar-refractivity contribution is 7.89. The second kappa shape index (κ2) is 8.45. The molecule has 0 aliphatic carbocycles. The first kappa shape index (κ1) is 20.4. The van der Waals surface area contributed by atoms with Crippen LogP contribution >= 0.6 is 0 Å². The number of nitrogens with zero attached hydrogens (tertiary/aromatic N) is 1. The Morgan fingerprint density at radius 3 is 2.53 bits per heavy atom. The summed E-state index contributed by atoms with van der Waals surface area (Å²) in [5, 5.41) is 4.88. The van der Waals surface area contributed by atoms with Crippen LogP contribution in [0.25, 0.3) is 10.8 Å². The van der Waals surface area contributed by atoms with E-state index in [1.807, 2.05) is 42.5 Å². The van der Waals surface area contributed by atoms with Crippen molar-refractivity contribution in [3.8, 4) is 5.75 Å². The van der Waals surface area contributed by atoms with Gasteiger partial charge in [-0.05, 0) is 55.0 Å². The number of anilines is 1. The standard InChI is InChI=1S/C23H24N2O4S/c1-17-15-19(30(27,28)25-13-4-5-14-25)11-12-22(17)29-16-23(26)24-21-10-6-8-18-7-2-3-9-20(18)21/h2-3,6-12,15H,4-5,13-14,16H2,1H3,(H,24,26). The second-order valence-electron chi connectivity index (χ2n) is 7.40. The predicted molar refractivity (Wildman–Crippen MR) is 117 cm³/mol. The van der Waals surface area contributed by atoms with Crippen molar-refractivity contribution in [2.45, 2.75) is 24.7 Å². The second-order valence-corrected chi connectivity index (χ2v) is 9.34. The first-order valence-electron chi connectivity index (χ1n) is 9.96. The van der Waals surface area contributed by atoms with Gasteiger partial charge in [0.2, 0.25) is 10.0 Å².